The number of hydrogen-bond donors (Lipinski definition) is 0. The first-order valence-corrected chi connectivity index (χ1v) is 3.42. The summed E-state index contributed by atoms with van der Waals surface area (Å²) < 4.78 is 1.80. The van der Waals surface area contributed by atoms with Gasteiger partial charge in [-0.25, -0.2) is 0 Å². The molecular weight excluding hydrogens is 135 g/mol. The number of hydrogen-bond acceptors (Lipinski definition) is 2. The molecule has 0 saturated carbocycles. The monoisotopic (exact) mass is 146 g/mol. The van der Waals surface area contributed by atoms with Crippen LogP contribution in [-0.2, 0) is 0 Å². The van der Waals surface area contributed by atoms with Gasteiger partial charge in [-0.3, -0.25) is 4.68 Å². The molecule has 1 aromatic heterocycles. The third-order valence-electron chi connectivity index (χ3n) is 1.51. The number of aromatic nitrogens is 2. The normalized spacial score (nSPS) is 12.2. The molecule has 1 atom stereocenters. The van der Waals surface area contributed by atoms with E-state index >= 15 is 0 Å². The van der Waals surface area contributed by atoms with Crippen molar-refractivity contribution in [2.24, 2.45) is 0 Å². The van der Waals surface area contributed by atoms with Crippen LogP contribution in [0.3, 0.4) is 0 Å². The van der Waals surface area contributed by atoms with Gasteiger partial charge in [0.25, 0.3) is 0 Å². The van der Waals surface area contributed by atoms with Gasteiger partial charge in [-0.2, -0.15) is 5.10 Å². The topological polar surface area (TPSA) is 40.9 Å². The van der Waals surface area contributed by atoms with Crippen LogP contribution >= 0.6 is 0 Å². The molecule has 1 rings (SSSR count). The van der Waals surface area contributed by atoms with Crippen molar-refractivity contribution in [1.82, 2.24) is 9.78 Å². The summed E-state index contributed by atoms with van der Waals surface area (Å²) in [7, 11) is 0. The second kappa shape index (κ2) is 5.42. The van der Waals surface area contributed by atoms with Crippen LogP contribution in [-0.4, -0.2) is 16.4 Å². The van der Waals surface area contributed by atoms with Gasteiger partial charge in [-0.15, -0.1) is 6.61 Å². The van der Waals surface area contributed by atoms with Gasteiger partial charge in [0.15, 0.2) is 0 Å². The molecule has 4 heteroatoms. The van der Waals surface area contributed by atoms with Crippen LogP contribution < -0.4 is 24.0 Å². The third kappa shape index (κ3) is 3.11. The summed E-state index contributed by atoms with van der Waals surface area (Å²) in [5.74, 6) is 0. The Bertz CT molecular complexity index is 177. The van der Waals surface area contributed by atoms with Crippen molar-refractivity contribution in [3.05, 3.63) is 18.5 Å². The summed E-state index contributed by atoms with van der Waals surface area (Å²) in [6, 6.07) is 2.11. The first-order valence-electron chi connectivity index (χ1n) is 3.42. The number of rotatable bonds is 3. The zero-order valence-electron chi connectivity index (χ0n) is 7.03. The first kappa shape index (κ1) is 10.8. The van der Waals surface area contributed by atoms with Gasteiger partial charge in [-0.1, -0.05) is 0 Å². The molecule has 0 N–H and O–H groups in total. The Morgan fingerprint density at radius 3 is 2.82 bits per heavy atom. The van der Waals surface area contributed by atoms with Crippen LogP contribution in [0.2, 0.25) is 0 Å². The average Bonchev–Trinajstić information content (AvgIpc) is 2.38. The summed E-state index contributed by atoms with van der Waals surface area (Å²) in [4.78, 5) is 0. The summed E-state index contributed by atoms with van der Waals surface area (Å²) in [6.45, 7) is 1.96. The minimum atomic E-state index is -0.0268. The van der Waals surface area contributed by atoms with Crippen LogP contribution in [0.4, 0.5) is 0 Å². The van der Waals surface area contributed by atoms with E-state index in [1.807, 2.05) is 19.2 Å². The Balaban J connectivity index is 0.000001000. The molecule has 0 fully saturated rings. The summed E-state index contributed by atoms with van der Waals surface area (Å²) in [5.41, 5.74) is 0. The van der Waals surface area contributed by atoms with Gasteiger partial charge in [-0.05, 0) is 19.4 Å². The Morgan fingerprint density at radius 2 is 2.36 bits per heavy atom. The minimum absolute atomic E-state index is 0. The van der Waals surface area contributed by atoms with Crippen molar-refractivity contribution in [1.29, 1.82) is 0 Å². The molecule has 0 aliphatic rings. The van der Waals surface area contributed by atoms with Crippen LogP contribution in [0, 0.1) is 0 Å². The maximum atomic E-state index is 10.2. The molecule has 0 bridgehead atoms. The Labute approximate surface area is 78.6 Å². The molecule has 0 aromatic carbocycles. The van der Waals surface area contributed by atoms with Crippen molar-refractivity contribution < 1.29 is 24.0 Å². The molecule has 56 valence electrons. The largest absolute Gasteiger partial charge is 1.00 e. The van der Waals surface area contributed by atoms with E-state index in [-0.39, 0.29) is 31.5 Å². The maximum Gasteiger partial charge on any atom is 1.00 e. The van der Waals surface area contributed by atoms with E-state index in [0.717, 1.165) is 0 Å². The van der Waals surface area contributed by atoms with Gasteiger partial charge in [0, 0.05) is 18.4 Å². The van der Waals surface area contributed by atoms with Crippen molar-refractivity contribution in [3.63, 3.8) is 0 Å². The van der Waals surface area contributed by atoms with Gasteiger partial charge >= 0.3 is 18.9 Å². The fraction of sp³-hybridized carbons (Fsp3) is 0.571. The second-order valence-corrected chi connectivity index (χ2v) is 2.33. The fourth-order valence-electron chi connectivity index (χ4n) is 0.844. The number of nitrogens with zero attached hydrogens (tertiary/aromatic N) is 2. The average molecular weight is 146 g/mol. The van der Waals surface area contributed by atoms with Crippen molar-refractivity contribution in [2.45, 2.75) is 19.4 Å². The first-order chi connectivity index (χ1) is 4.84. The Morgan fingerprint density at radius 1 is 1.64 bits per heavy atom. The minimum Gasteiger partial charge on any atom is -0.854 e. The van der Waals surface area contributed by atoms with E-state index < -0.39 is 0 Å². The predicted octanol–water partition coefficient (Wildman–Crippen LogP) is -2.80. The zero-order valence-corrected chi connectivity index (χ0v) is 7.03. The molecule has 0 aliphatic heterocycles. The molecule has 1 heterocycles. The van der Waals surface area contributed by atoms with Gasteiger partial charge < -0.3 is 5.11 Å². The van der Waals surface area contributed by atoms with Crippen molar-refractivity contribution in [3.8, 4) is 0 Å². The molecule has 0 aliphatic carbocycles. The van der Waals surface area contributed by atoms with E-state index in [4.69, 9.17) is 0 Å². The fourth-order valence-corrected chi connectivity index (χ4v) is 0.844. The Hall–Kier alpha value is -0.233. The molecule has 1 unspecified atom stereocenters. The second-order valence-electron chi connectivity index (χ2n) is 2.33. The molecule has 0 spiro atoms. The van der Waals surface area contributed by atoms with E-state index in [9.17, 15) is 5.11 Å². The van der Waals surface area contributed by atoms with Crippen LogP contribution in [0.25, 0.3) is 0 Å². The molecule has 0 amide bonds. The quantitative estimate of drug-likeness (QED) is 0.432. The van der Waals surface area contributed by atoms with E-state index in [1.54, 1.807) is 10.9 Å². The molecule has 0 saturated heterocycles. The maximum absolute atomic E-state index is 10.2. The van der Waals surface area contributed by atoms with Crippen LogP contribution in [0.15, 0.2) is 18.5 Å². The summed E-state index contributed by atoms with van der Waals surface area (Å²) in [5, 5.41) is 14.2. The molecule has 1 aromatic rings. The smallest absolute Gasteiger partial charge is 0.854 e. The van der Waals surface area contributed by atoms with Gasteiger partial charge in [0.05, 0.1) is 0 Å². The van der Waals surface area contributed by atoms with Gasteiger partial charge in [0.2, 0.25) is 0 Å². The predicted molar refractivity (Wildman–Crippen MR) is 36.4 cm³/mol. The van der Waals surface area contributed by atoms with Crippen LogP contribution in [0.1, 0.15) is 19.4 Å². The van der Waals surface area contributed by atoms with E-state index in [1.165, 1.54) is 0 Å². The third-order valence-corrected chi connectivity index (χ3v) is 1.51. The SMILES string of the molecule is CC(CC[O-])n1cccn1.[Li+]. The van der Waals surface area contributed by atoms with E-state index in [2.05, 4.69) is 5.10 Å². The molecule has 3 nitrogen and oxygen atoms in total. The van der Waals surface area contributed by atoms with Crippen molar-refractivity contribution >= 4 is 0 Å². The van der Waals surface area contributed by atoms with Crippen molar-refractivity contribution in [2.75, 3.05) is 6.61 Å². The summed E-state index contributed by atoms with van der Waals surface area (Å²) >= 11 is 0. The molecular formula is C7H11LiN2O. The standard InChI is InChI=1S/C7H11N2O.Li/c1-7(3-6-10)9-5-2-4-8-9;/h2,4-5,7H,3,6H2,1H3;/q-1;+1. The zero-order chi connectivity index (χ0) is 7.40. The molecule has 11 heavy (non-hydrogen) atoms. The summed E-state index contributed by atoms with van der Waals surface area (Å²) in [6.07, 6.45) is 4.25. The van der Waals surface area contributed by atoms with Gasteiger partial charge in [0.1, 0.15) is 0 Å². The van der Waals surface area contributed by atoms with E-state index in [0.29, 0.717) is 6.42 Å². The van der Waals surface area contributed by atoms with Crippen LogP contribution in [0.5, 0.6) is 0 Å². The Kier molecular flexibility index (Phi) is 5.31. The molecule has 0 radical (unpaired) electrons.